The van der Waals surface area contributed by atoms with Gasteiger partial charge in [0.25, 0.3) is 0 Å². The molecule has 1 aliphatic rings. The Balaban J connectivity index is 2.08. The van der Waals surface area contributed by atoms with E-state index >= 15 is 0 Å². The van der Waals surface area contributed by atoms with E-state index < -0.39 is 0 Å². The molecular weight excluding hydrogens is 254 g/mol. The normalized spacial score (nSPS) is 17.6. The summed E-state index contributed by atoms with van der Waals surface area (Å²) in [5.41, 5.74) is 8.32. The van der Waals surface area contributed by atoms with Crippen LogP contribution in [-0.2, 0) is 0 Å². The van der Waals surface area contributed by atoms with Crippen molar-refractivity contribution in [3.8, 4) is 5.75 Å². The van der Waals surface area contributed by atoms with Crippen LogP contribution in [0.1, 0.15) is 24.0 Å². The Hall–Kier alpha value is -0.540. The van der Waals surface area contributed by atoms with Crippen LogP contribution < -0.4 is 10.5 Å². The van der Waals surface area contributed by atoms with Crippen LogP contribution in [0.4, 0.5) is 0 Å². The van der Waals surface area contributed by atoms with E-state index in [0.717, 1.165) is 23.1 Å². The largest absolute Gasteiger partial charge is 0.492 e. The minimum Gasteiger partial charge on any atom is -0.492 e. The summed E-state index contributed by atoms with van der Waals surface area (Å²) in [6.07, 6.45) is 2.17. The molecular formula is C12H16BrNO. The molecule has 0 heterocycles. The molecule has 1 aromatic carbocycles. The summed E-state index contributed by atoms with van der Waals surface area (Å²) in [4.78, 5) is 0. The van der Waals surface area contributed by atoms with Gasteiger partial charge in [0.05, 0.1) is 5.54 Å². The Morgan fingerprint density at radius 3 is 2.33 bits per heavy atom. The Bertz CT molecular complexity index is 362. The fraction of sp³-hybridized carbons (Fsp3) is 0.500. The fourth-order valence-electron chi connectivity index (χ4n) is 1.52. The van der Waals surface area contributed by atoms with Gasteiger partial charge in [-0.2, -0.15) is 0 Å². The van der Waals surface area contributed by atoms with Gasteiger partial charge in [-0.1, -0.05) is 15.9 Å². The van der Waals surface area contributed by atoms with Crippen LogP contribution in [0, 0.1) is 13.8 Å². The molecule has 0 unspecified atom stereocenters. The first kappa shape index (κ1) is 11.0. The zero-order chi connectivity index (χ0) is 11.1. The summed E-state index contributed by atoms with van der Waals surface area (Å²) in [5, 5.41) is 0. The van der Waals surface area contributed by atoms with E-state index in [1.165, 1.54) is 11.1 Å². The average molecular weight is 270 g/mol. The molecule has 2 rings (SSSR count). The van der Waals surface area contributed by atoms with Crippen molar-refractivity contribution in [1.29, 1.82) is 0 Å². The van der Waals surface area contributed by atoms with Gasteiger partial charge < -0.3 is 10.5 Å². The third-order valence-electron chi connectivity index (χ3n) is 2.83. The summed E-state index contributed by atoms with van der Waals surface area (Å²) in [6, 6.07) is 4.09. The molecule has 2 N–H and O–H groups in total. The molecule has 0 aromatic heterocycles. The summed E-state index contributed by atoms with van der Waals surface area (Å²) >= 11 is 3.54. The van der Waals surface area contributed by atoms with Crippen molar-refractivity contribution in [1.82, 2.24) is 0 Å². The summed E-state index contributed by atoms with van der Waals surface area (Å²) < 4.78 is 6.86. The van der Waals surface area contributed by atoms with Gasteiger partial charge in [-0.25, -0.2) is 0 Å². The third kappa shape index (κ3) is 2.52. The van der Waals surface area contributed by atoms with Crippen LogP contribution in [0.3, 0.4) is 0 Å². The molecule has 82 valence electrons. The van der Waals surface area contributed by atoms with E-state index in [1.807, 2.05) is 12.1 Å². The first-order chi connectivity index (χ1) is 7.00. The second kappa shape index (κ2) is 3.80. The topological polar surface area (TPSA) is 35.2 Å². The van der Waals surface area contributed by atoms with Crippen LogP contribution in [0.2, 0.25) is 0 Å². The molecule has 0 amide bonds. The van der Waals surface area contributed by atoms with Crippen LogP contribution in [0.25, 0.3) is 0 Å². The third-order valence-corrected chi connectivity index (χ3v) is 4.08. The van der Waals surface area contributed by atoms with Crippen LogP contribution in [0.15, 0.2) is 16.6 Å². The number of rotatable bonds is 3. The van der Waals surface area contributed by atoms with Crippen LogP contribution in [0.5, 0.6) is 5.75 Å². The highest BCUT2D eigenvalue weighted by Crippen LogP contribution is 2.33. The molecule has 0 spiro atoms. The predicted molar refractivity (Wildman–Crippen MR) is 65.3 cm³/mol. The van der Waals surface area contributed by atoms with Crippen LogP contribution in [-0.4, -0.2) is 12.1 Å². The monoisotopic (exact) mass is 269 g/mol. The predicted octanol–water partition coefficient (Wildman–Crippen LogP) is 2.94. The lowest BCUT2D eigenvalue weighted by Gasteiger charge is -2.13. The van der Waals surface area contributed by atoms with Crippen molar-refractivity contribution < 1.29 is 4.74 Å². The van der Waals surface area contributed by atoms with Gasteiger partial charge in [0.1, 0.15) is 12.4 Å². The second-order valence-corrected chi connectivity index (χ2v) is 5.32. The lowest BCUT2D eigenvalue weighted by Crippen LogP contribution is -2.29. The molecule has 1 fully saturated rings. The van der Waals surface area contributed by atoms with Gasteiger partial charge in [-0.3, -0.25) is 0 Å². The van der Waals surface area contributed by atoms with E-state index in [2.05, 4.69) is 29.8 Å². The van der Waals surface area contributed by atoms with Crippen LogP contribution >= 0.6 is 15.9 Å². The Labute approximate surface area is 98.9 Å². The van der Waals surface area contributed by atoms with Gasteiger partial charge >= 0.3 is 0 Å². The Morgan fingerprint density at radius 1 is 1.33 bits per heavy atom. The average Bonchev–Trinajstić information content (AvgIpc) is 2.90. The molecule has 15 heavy (non-hydrogen) atoms. The van der Waals surface area contributed by atoms with Crippen molar-refractivity contribution in [2.75, 3.05) is 6.61 Å². The maximum Gasteiger partial charge on any atom is 0.120 e. The number of aryl methyl sites for hydroxylation is 2. The van der Waals surface area contributed by atoms with E-state index in [-0.39, 0.29) is 5.54 Å². The number of hydrogen-bond donors (Lipinski definition) is 1. The molecule has 0 bridgehead atoms. The molecule has 0 atom stereocenters. The molecule has 2 nitrogen and oxygen atoms in total. The van der Waals surface area contributed by atoms with Gasteiger partial charge in [-0.15, -0.1) is 0 Å². The molecule has 0 aliphatic heterocycles. The standard InChI is InChI=1S/C12H16BrNO/c1-8-5-10(6-9(2)11(8)13)15-7-12(14)3-4-12/h5-6H,3-4,7,14H2,1-2H3. The van der Waals surface area contributed by atoms with Gasteiger partial charge in [-0.05, 0) is 49.9 Å². The Morgan fingerprint density at radius 2 is 1.87 bits per heavy atom. The maximum absolute atomic E-state index is 5.97. The number of halogens is 1. The lowest BCUT2D eigenvalue weighted by molar-refractivity contribution is 0.279. The number of nitrogens with two attached hydrogens (primary N) is 1. The van der Waals surface area contributed by atoms with E-state index in [4.69, 9.17) is 10.5 Å². The summed E-state index contributed by atoms with van der Waals surface area (Å²) in [6.45, 7) is 4.77. The first-order valence-corrected chi connectivity index (χ1v) is 5.98. The molecule has 0 saturated heterocycles. The van der Waals surface area contributed by atoms with Gasteiger partial charge in [0.15, 0.2) is 0 Å². The van der Waals surface area contributed by atoms with E-state index in [9.17, 15) is 0 Å². The van der Waals surface area contributed by atoms with Gasteiger partial charge in [0.2, 0.25) is 0 Å². The number of ether oxygens (including phenoxy) is 1. The molecule has 0 radical (unpaired) electrons. The molecule has 1 aromatic rings. The minimum atomic E-state index is -0.0467. The zero-order valence-electron chi connectivity index (χ0n) is 9.14. The fourth-order valence-corrected chi connectivity index (χ4v) is 1.75. The summed E-state index contributed by atoms with van der Waals surface area (Å²) in [5.74, 6) is 0.921. The highest BCUT2D eigenvalue weighted by atomic mass is 79.9. The van der Waals surface area contributed by atoms with Crippen molar-refractivity contribution >= 4 is 15.9 Å². The second-order valence-electron chi connectivity index (χ2n) is 4.52. The molecule has 1 aliphatic carbocycles. The van der Waals surface area contributed by atoms with Gasteiger partial charge in [0, 0.05) is 4.47 Å². The Kier molecular flexibility index (Phi) is 2.77. The molecule has 3 heteroatoms. The zero-order valence-corrected chi connectivity index (χ0v) is 10.7. The molecule has 1 saturated carbocycles. The SMILES string of the molecule is Cc1cc(OCC2(N)CC2)cc(C)c1Br. The number of benzene rings is 1. The minimum absolute atomic E-state index is 0.0467. The van der Waals surface area contributed by atoms with Crippen molar-refractivity contribution in [2.45, 2.75) is 32.2 Å². The van der Waals surface area contributed by atoms with E-state index in [0.29, 0.717) is 6.61 Å². The lowest BCUT2D eigenvalue weighted by atomic mass is 10.1. The van der Waals surface area contributed by atoms with Crippen molar-refractivity contribution in [3.63, 3.8) is 0 Å². The first-order valence-electron chi connectivity index (χ1n) is 5.19. The smallest absolute Gasteiger partial charge is 0.120 e. The highest BCUT2D eigenvalue weighted by Gasteiger charge is 2.39. The summed E-state index contributed by atoms with van der Waals surface area (Å²) in [7, 11) is 0. The number of hydrogen-bond acceptors (Lipinski definition) is 2. The van der Waals surface area contributed by atoms with Crippen molar-refractivity contribution in [3.05, 3.63) is 27.7 Å². The maximum atomic E-state index is 5.97. The van der Waals surface area contributed by atoms with Crippen molar-refractivity contribution in [2.24, 2.45) is 5.73 Å². The van der Waals surface area contributed by atoms with E-state index in [1.54, 1.807) is 0 Å². The quantitative estimate of drug-likeness (QED) is 0.916. The highest BCUT2D eigenvalue weighted by molar-refractivity contribution is 9.10.